The van der Waals surface area contributed by atoms with Crippen LogP contribution in [0.15, 0.2) is 72.1 Å². The molecule has 0 amide bonds. The number of imidazole rings is 1. The van der Waals surface area contributed by atoms with Crippen molar-refractivity contribution in [3.63, 3.8) is 0 Å². The molecule has 3 aromatic rings. The summed E-state index contributed by atoms with van der Waals surface area (Å²) in [7, 11) is -1.92. The molecule has 2 aromatic carbocycles. The van der Waals surface area contributed by atoms with Gasteiger partial charge >= 0.3 is 0 Å². The lowest BCUT2D eigenvalue weighted by Crippen LogP contribution is -2.29. The number of nitrogens with zero attached hydrogens (tertiary/aromatic N) is 3. The fraction of sp³-hybridized carbons (Fsp3) is 0.286. The van der Waals surface area contributed by atoms with Crippen LogP contribution in [0.25, 0.3) is 0 Å². The smallest absolute Gasteiger partial charge is 0.262 e. The highest BCUT2D eigenvalue weighted by atomic mass is 32.2. The first-order chi connectivity index (χ1) is 13.4. The fourth-order valence-electron chi connectivity index (χ4n) is 3.89. The number of aryl methyl sites for hydroxylation is 1. The first-order valence-corrected chi connectivity index (χ1v) is 10.6. The normalized spacial score (nSPS) is 20.5. The van der Waals surface area contributed by atoms with Gasteiger partial charge in [-0.25, -0.2) is 17.8 Å². The van der Waals surface area contributed by atoms with Crippen LogP contribution in [-0.2, 0) is 23.5 Å². The van der Waals surface area contributed by atoms with Crippen molar-refractivity contribution in [3.05, 3.63) is 84.1 Å². The van der Waals surface area contributed by atoms with E-state index in [2.05, 4.69) is 17.1 Å². The predicted octanol–water partition coefficient (Wildman–Crippen LogP) is 3.21. The Hall–Kier alpha value is -2.51. The molecule has 4 rings (SSSR count). The van der Waals surface area contributed by atoms with Crippen molar-refractivity contribution in [2.75, 3.05) is 13.1 Å². The molecule has 2 unspecified atom stereocenters. The number of halogens is 1. The Morgan fingerprint density at radius 1 is 1.07 bits per heavy atom. The van der Waals surface area contributed by atoms with Gasteiger partial charge in [0.15, 0.2) is 5.03 Å². The van der Waals surface area contributed by atoms with Gasteiger partial charge in [0.1, 0.15) is 5.82 Å². The van der Waals surface area contributed by atoms with Crippen molar-refractivity contribution < 1.29 is 12.8 Å². The largest absolute Gasteiger partial charge is 0.339 e. The Morgan fingerprint density at radius 3 is 2.43 bits per heavy atom. The molecule has 2 heterocycles. The summed E-state index contributed by atoms with van der Waals surface area (Å²) in [5.41, 5.74) is 2.12. The monoisotopic (exact) mass is 399 g/mol. The minimum atomic E-state index is -3.66. The van der Waals surface area contributed by atoms with E-state index in [4.69, 9.17) is 0 Å². The molecule has 0 bridgehead atoms. The van der Waals surface area contributed by atoms with E-state index < -0.39 is 10.0 Å². The van der Waals surface area contributed by atoms with E-state index >= 15 is 0 Å². The van der Waals surface area contributed by atoms with Gasteiger partial charge in [-0.1, -0.05) is 42.5 Å². The van der Waals surface area contributed by atoms with Gasteiger partial charge in [0.2, 0.25) is 0 Å². The summed E-state index contributed by atoms with van der Waals surface area (Å²) in [6, 6.07) is 16.4. The summed E-state index contributed by atoms with van der Waals surface area (Å²) in [5, 5.41) is 0.0632. The molecular weight excluding hydrogens is 377 g/mol. The van der Waals surface area contributed by atoms with E-state index in [1.165, 1.54) is 29.0 Å². The molecule has 7 heteroatoms. The minimum absolute atomic E-state index is 0.000654. The number of hydrogen-bond acceptors (Lipinski definition) is 3. The van der Waals surface area contributed by atoms with Crippen LogP contribution in [0.4, 0.5) is 4.39 Å². The molecule has 1 saturated heterocycles. The van der Waals surface area contributed by atoms with Crippen LogP contribution in [0.3, 0.4) is 0 Å². The molecule has 1 aliphatic rings. The second kappa shape index (κ2) is 7.48. The third-order valence-electron chi connectivity index (χ3n) is 5.33. The highest BCUT2D eigenvalue weighted by molar-refractivity contribution is 7.89. The molecule has 1 fully saturated rings. The van der Waals surface area contributed by atoms with Crippen molar-refractivity contribution in [1.29, 1.82) is 0 Å². The SMILES string of the molecule is Cn1cnc(S(=O)(=O)N2CC(Cc3ccccc3)C(c3ccc(F)cc3)C2)c1. The quantitative estimate of drug-likeness (QED) is 0.662. The lowest BCUT2D eigenvalue weighted by Gasteiger charge is -2.18. The van der Waals surface area contributed by atoms with Crippen LogP contribution in [0.1, 0.15) is 17.0 Å². The van der Waals surface area contributed by atoms with Crippen molar-refractivity contribution in [2.24, 2.45) is 13.0 Å². The fourth-order valence-corrected chi connectivity index (χ4v) is 5.38. The van der Waals surface area contributed by atoms with Crippen LogP contribution in [0, 0.1) is 11.7 Å². The highest BCUT2D eigenvalue weighted by Gasteiger charge is 2.40. The van der Waals surface area contributed by atoms with Gasteiger partial charge in [-0.15, -0.1) is 0 Å². The predicted molar refractivity (Wildman–Crippen MR) is 105 cm³/mol. The van der Waals surface area contributed by atoms with Gasteiger partial charge in [-0.3, -0.25) is 0 Å². The maximum atomic E-state index is 13.4. The molecule has 0 N–H and O–H groups in total. The molecule has 28 heavy (non-hydrogen) atoms. The van der Waals surface area contributed by atoms with Crippen molar-refractivity contribution in [3.8, 4) is 0 Å². The standard InChI is InChI=1S/C21H22FN3O2S/c1-24-14-21(23-15-24)28(26,27)25-12-18(11-16-5-3-2-4-6-16)20(13-25)17-7-9-19(22)10-8-17/h2-10,14-15,18,20H,11-13H2,1H3. The summed E-state index contributed by atoms with van der Waals surface area (Å²) < 4.78 is 42.7. The molecule has 0 radical (unpaired) electrons. The molecule has 0 saturated carbocycles. The molecular formula is C21H22FN3O2S. The van der Waals surface area contributed by atoms with Crippen LogP contribution >= 0.6 is 0 Å². The number of hydrogen-bond donors (Lipinski definition) is 0. The third kappa shape index (κ3) is 3.72. The molecule has 2 atom stereocenters. The van der Waals surface area contributed by atoms with Crippen LogP contribution in [0.5, 0.6) is 0 Å². The summed E-state index contributed by atoms with van der Waals surface area (Å²) in [6.45, 7) is 0.776. The minimum Gasteiger partial charge on any atom is -0.339 e. The maximum Gasteiger partial charge on any atom is 0.262 e. The third-order valence-corrected chi connectivity index (χ3v) is 7.05. The van der Waals surface area contributed by atoms with E-state index in [9.17, 15) is 12.8 Å². The number of sulfonamides is 1. The maximum absolute atomic E-state index is 13.4. The zero-order chi connectivity index (χ0) is 19.7. The average molecular weight is 399 g/mol. The lowest BCUT2D eigenvalue weighted by molar-refractivity contribution is 0.453. The average Bonchev–Trinajstić information content (AvgIpc) is 3.31. The van der Waals surface area contributed by atoms with Crippen LogP contribution in [0.2, 0.25) is 0 Å². The van der Waals surface area contributed by atoms with Crippen molar-refractivity contribution in [1.82, 2.24) is 13.9 Å². The molecule has 1 aromatic heterocycles. The first-order valence-electron chi connectivity index (χ1n) is 9.21. The van der Waals surface area contributed by atoms with Gasteiger partial charge in [0, 0.05) is 32.3 Å². The topological polar surface area (TPSA) is 55.2 Å². The zero-order valence-electron chi connectivity index (χ0n) is 15.6. The number of rotatable bonds is 5. The Labute approximate surface area is 164 Å². The van der Waals surface area contributed by atoms with E-state index in [1.54, 1.807) is 23.7 Å². The summed E-state index contributed by atoms with van der Waals surface area (Å²) >= 11 is 0. The Morgan fingerprint density at radius 2 is 1.79 bits per heavy atom. The first kappa shape index (κ1) is 18.8. The lowest BCUT2D eigenvalue weighted by atomic mass is 9.85. The van der Waals surface area contributed by atoms with Crippen LogP contribution in [-0.4, -0.2) is 35.4 Å². The van der Waals surface area contributed by atoms with Gasteiger partial charge in [-0.2, -0.15) is 4.31 Å². The summed E-state index contributed by atoms with van der Waals surface area (Å²) in [5.74, 6) is -0.190. The Balaban J connectivity index is 1.65. The molecule has 1 aliphatic heterocycles. The van der Waals surface area contributed by atoms with E-state index in [-0.39, 0.29) is 22.7 Å². The van der Waals surface area contributed by atoms with Crippen molar-refractivity contribution in [2.45, 2.75) is 17.4 Å². The van der Waals surface area contributed by atoms with E-state index in [0.29, 0.717) is 13.1 Å². The Bertz CT molecular complexity index is 1050. The van der Waals surface area contributed by atoms with Gasteiger partial charge < -0.3 is 4.57 Å². The van der Waals surface area contributed by atoms with Gasteiger partial charge in [-0.05, 0) is 35.6 Å². The molecule has 0 aliphatic carbocycles. The summed E-state index contributed by atoms with van der Waals surface area (Å²) in [6.07, 6.45) is 3.77. The van der Waals surface area contributed by atoms with Crippen LogP contribution < -0.4 is 0 Å². The molecule has 0 spiro atoms. The van der Waals surface area contributed by atoms with E-state index in [1.807, 2.05) is 18.2 Å². The number of aromatic nitrogens is 2. The van der Waals surface area contributed by atoms with E-state index in [0.717, 1.165) is 17.5 Å². The second-order valence-electron chi connectivity index (χ2n) is 7.31. The highest BCUT2D eigenvalue weighted by Crippen LogP contribution is 2.37. The number of benzene rings is 2. The molecule has 146 valence electrons. The van der Waals surface area contributed by atoms with Gasteiger partial charge in [0.05, 0.1) is 6.33 Å². The molecule has 5 nitrogen and oxygen atoms in total. The second-order valence-corrected chi connectivity index (χ2v) is 9.19. The zero-order valence-corrected chi connectivity index (χ0v) is 16.4. The van der Waals surface area contributed by atoms with Crippen molar-refractivity contribution >= 4 is 10.0 Å². The summed E-state index contributed by atoms with van der Waals surface area (Å²) in [4.78, 5) is 4.03. The Kier molecular flexibility index (Phi) is 5.03. The van der Waals surface area contributed by atoms with Gasteiger partial charge in [0.25, 0.3) is 10.0 Å².